The van der Waals surface area contributed by atoms with Crippen LogP contribution in [0.1, 0.15) is 22.3 Å². The third kappa shape index (κ3) is 3.40. The van der Waals surface area contributed by atoms with Gasteiger partial charge in [-0.3, -0.25) is 19.7 Å². The van der Waals surface area contributed by atoms with Gasteiger partial charge < -0.3 is 14.7 Å². The average molecular weight is 308 g/mol. The van der Waals surface area contributed by atoms with E-state index >= 15 is 0 Å². The Morgan fingerprint density at radius 1 is 1.50 bits per heavy atom. The predicted octanol–water partition coefficient (Wildman–Crippen LogP) is 1.22. The molecule has 0 aromatic heterocycles. The largest absolute Gasteiger partial charge is 0.481 e. The van der Waals surface area contributed by atoms with Crippen LogP contribution in [0.15, 0.2) is 18.2 Å². The van der Waals surface area contributed by atoms with Crippen LogP contribution >= 0.6 is 0 Å². The molecule has 0 aliphatic carbocycles. The number of aryl methyl sites for hydroxylation is 1. The Morgan fingerprint density at radius 2 is 2.23 bits per heavy atom. The van der Waals surface area contributed by atoms with Crippen molar-refractivity contribution < 1.29 is 24.4 Å². The van der Waals surface area contributed by atoms with Crippen molar-refractivity contribution in [1.82, 2.24) is 4.90 Å². The van der Waals surface area contributed by atoms with Crippen molar-refractivity contribution in [2.24, 2.45) is 0 Å². The lowest BCUT2D eigenvalue weighted by molar-refractivity contribution is -0.385. The number of ether oxygens (including phenoxy) is 1. The number of nitro benzene ring substituents is 1. The number of amides is 1. The number of nitro groups is 1. The summed E-state index contributed by atoms with van der Waals surface area (Å²) in [6.07, 6.45) is -0.807. The van der Waals surface area contributed by atoms with Gasteiger partial charge in [-0.2, -0.15) is 0 Å². The fourth-order valence-corrected chi connectivity index (χ4v) is 2.47. The molecule has 1 aromatic rings. The quantitative estimate of drug-likeness (QED) is 0.661. The molecule has 118 valence electrons. The fraction of sp³-hybridized carbons (Fsp3) is 0.429. The second-order valence-corrected chi connectivity index (χ2v) is 5.07. The third-order valence-electron chi connectivity index (χ3n) is 3.48. The van der Waals surface area contributed by atoms with E-state index in [2.05, 4.69) is 0 Å². The maximum atomic E-state index is 12.5. The molecule has 0 saturated carbocycles. The molecule has 1 N–H and O–H groups in total. The zero-order chi connectivity index (χ0) is 16.3. The van der Waals surface area contributed by atoms with Crippen LogP contribution in [-0.4, -0.2) is 52.6 Å². The number of aliphatic carboxylic acids is 1. The van der Waals surface area contributed by atoms with Crippen molar-refractivity contribution in [2.75, 3.05) is 19.7 Å². The lowest BCUT2D eigenvalue weighted by Gasteiger charge is -2.32. The maximum absolute atomic E-state index is 12.5. The standard InChI is InChI=1S/C14H16N2O6/c1-9-3-2-4-11(13(9)16(20)21)14(19)15-5-6-22-10(8-15)7-12(17)18/h2-4,10H,5-8H2,1H3,(H,17,18). The van der Waals surface area contributed by atoms with Crippen molar-refractivity contribution in [1.29, 1.82) is 0 Å². The van der Waals surface area contributed by atoms with Crippen LogP contribution in [0.2, 0.25) is 0 Å². The number of carbonyl (C=O) groups is 2. The molecule has 1 aliphatic rings. The van der Waals surface area contributed by atoms with Crippen molar-refractivity contribution in [3.05, 3.63) is 39.4 Å². The van der Waals surface area contributed by atoms with Crippen LogP contribution in [0.5, 0.6) is 0 Å². The predicted molar refractivity (Wildman–Crippen MR) is 75.7 cm³/mol. The SMILES string of the molecule is Cc1cccc(C(=O)N2CCOC(CC(=O)O)C2)c1[N+](=O)[O-]. The number of hydrogen-bond donors (Lipinski definition) is 1. The van der Waals surface area contributed by atoms with E-state index in [1.165, 1.54) is 11.0 Å². The number of hydrogen-bond acceptors (Lipinski definition) is 5. The molecular weight excluding hydrogens is 292 g/mol. The molecule has 0 spiro atoms. The van der Waals surface area contributed by atoms with E-state index in [-0.39, 0.29) is 37.4 Å². The van der Waals surface area contributed by atoms with Crippen LogP contribution in [-0.2, 0) is 9.53 Å². The molecule has 1 saturated heterocycles. The Morgan fingerprint density at radius 3 is 2.86 bits per heavy atom. The van der Waals surface area contributed by atoms with Gasteiger partial charge in [-0.25, -0.2) is 0 Å². The lowest BCUT2D eigenvalue weighted by atomic mass is 10.1. The number of rotatable bonds is 4. The lowest BCUT2D eigenvalue weighted by Crippen LogP contribution is -2.46. The van der Waals surface area contributed by atoms with Crippen LogP contribution in [0.4, 0.5) is 5.69 Å². The number of carbonyl (C=O) groups excluding carboxylic acids is 1. The van der Waals surface area contributed by atoms with Crippen molar-refractivity contribution >= 4 is 17.6 Å². The van der Waals surface area contributed by atoms with Gasteiger partial charge in [0.2, 0.25) is 0 Å². The topological polar surface area (TPSA) is 110 Å². The molecule has 0 radical (unpaired) electrons. The number of morpholine rings is 1. The van der Waals surface area contributed by atoms with Gasteiger partial charge in [0, 0.05) is 18.7 Å². The van der Waals surface area contributed by atoms with Gasteiger partial charge >= 0.3 is 5.97 Å². The summed E-state index contributed by atoms with van der Waals surface area (Å²) in [5, 5.41) is 20.0. The van der Waals surface area contributed by atoms with Crippen molar-refractivity contribution in [2.45, 2.75) is 19.4 Å². The van der Waals surface area contributed by atoms with Crippen LogP contribution in [0.25, 0.3) is 0 Å². The molecule has 0 bridgehead atoms. The Bertz CT molecular complexity index is 615. The molecule has 1 aliphatic heterocycles. The van der Waals surface area contributed by atoms with E-state index < -0.39 is 22.9 Å². The summed E-state index contributed by atoms with van der Waals surface area (Å²) < 4.78 is 5.30. The number of carboxylic acids is 1. The fourth-order valence-electron chi connectivity index (χ4n) is 2.47. The van der Waals surface area contributed by atoms with Gasteiger partial charge in [-0.1, -0.05) is 12.1 Å². The second kappa shape index (κ2) is 6.52. The Hall–Kier alpha value is -2.48. The van der Waals surface area contributed by atoms with Gasteiger partial charge in [0.1, 0.15) is 5.56 Å². The number of carboxylic acid groups (broad SMARTS) is 1. The van der Waals surface area contributed by atoms with Crippen LogP contribution < -0.4 is 0 Å². The first kappa shape index (κ1) is 15.9. The van der Waals surface area contributed by atoms with Crippen molar-refractivity contribution in [3.63, 3.8) is 0 Å². The molecule has 22 heavy (non-hydrogen) atoms. The van der Waals surface area contributed by atoms with E-state index in [0.29, 0.717) is 5.56 Å². The number of para-hydroxylation sites is 1. The first-order chi connectivity index (χ1) is 10.4. The Labute approximate surface area is 126 Å². The average Bonchev–Trinajstić information content (AvgIpc) is 2.45. The summed E-state index contributed by atoms with van der Waals surface area (Å²) in [5.74, 6) is -1.49. The normalized spacial score (nSPS) is 18.0. The molecule has 1 heterocycles. The first-order valence-electron chi connectivity index (χ1n) is 6.77. The van der Waals surface area contributed by atoms with Gasteiger partial charge in [0.15, 0.2) is 0 Å². The third-order valence-corrected chi connectivity index (χ3v) is 3.48. The van der Waals surface area contributed by atoms with E-state index in [0.717, 1.165) is 0 Å². The minimum atomic E-state index is -1.01. The highest BCUT2D eigenvalue weighted by Gasteiger charge is 2.30. The van der Waals surface area contributed by atoms with Crippen LogP contribution in [0.3, 0.4) is 0 Å². The summed E-state index contributed by atoms with van der Waals surface area (Å²) in [7, 11) is 0. The summed E-state index contributed by atoms with van der Waals surface area (Å²) in [4.78, 5) is 35.3. The summed E-state index contributed by atoms with van der Waals surface area (Å²) >= 11 is 0. The van der Waals surface area contributed by atoms with Crippen LogP contribution in [0, 0.1) is 17.0 Å². The highest BCUT2D eigenvalue weighted by Crippen LogP contribution is 2.25. The molecule has 1 aromatic carbocycles. The zero-order valence-electron chi connectivity index (χ0n) is 12.0. The molecule has 2 rings (SSSR count). The second-order valence-electron chi connectivity index (χ2n) is 5.07. The number of benzene rings is 1. The molecular formula is C14H16N2O6. The maximum Gasteiger partial charge on any atom is 0.306 e. The van der Waals surface area contributed by atoms with E-state index in [1.54, 1.807) is 19.1 Å². The highest BCUT2D eigenvalue weighted by molar-refractivity contribution is 5.98. The van der Waals surface area contributed by atoms with E-state index in [1.807, 2.05) is 0 Å². The minimum Gasteiger partial charge on any atom is -0.481 e. The molecule has 8 nitrogen and oxygen atoms in total. The smallest absolute Gasteiger partial charge is 0.306 e. The zero-order valence-corrected chi connectivity index (χ0v) is 12.0. The summed E-state index contributed by atoms with van der Waals surface area (Å²) in [6.45, 7) is 2.17. The van der Waals surface area contributed by atoms with E-state index in [4.69, 9.17) is 9.84 Å². The van der Waals surface area contributed by atoms with Gasteiger partial charge in [0.25, 0.3) is 11.6 Å². The monoisotopic (exact) mass is 308 g/mol. The summed E-state index contributed by atoms with van der Waals surface area (Å²) in [5.41, 5.74) is 0.209. The highest BCUT2D eigenvalue weighted by atomic mass is 16.6. The summed E-state index contributed by atoms with van der Waals surface area (Å²) in [6, 6.07) is 4.57. The Kier molecular flexibility index (Phi) is 4.71. The number of nitrogens with zero attached hydrogens (tertiary/aromatic N) is 2. The van der Waals surface area contributed by atoms with Gasteiger partial charge in [0.05, 0.1) is 24.1 Å². The van der Waals surface area contributed by atoms with Crippen molar-refractivity contribution in [3.8, 4) is 0 Å². The molecule has 1 unspecified atom stereocenters. The van der Waals surface area contributed by atoms with Gasteiger partial charge in [-0.15, -0.1) is 0 Å². The molecule has 1 amide bonds. The molecule has 1 fully saturated rings. The Balaban J connectivity index is 2.23. The molecule has 8 heteroatoms. The van der Waals surface area contributed by atoms with Gasteiger partial charge in [-0.05, 0) is 13.0 Å². The molecule has 1 atom stereocenters. The van der Waals surface area contributed by atoms with E-state index in [9.17, 15) is 19.7 Å². The first-order valence-corrected chi connectivity index (χ1v) is 6.77. The minimum absolute atomic E-state index is 0.0148.